The molecule has 7 heteroatoms. The van der Waals surface area contributed by atoms with E-state index in [9.17, 15) is 9.59 Å². The molecule has 2 aliphatic rings. The molecular weight excluding hydrogens is 286 g/mol. The SMILES string of the molecule is O=C(CC1COCCN1)Nc1cccc(N2CCOC2=O)c1. The summed E-state index contributed by atoms with van der Waals surface area (Å²) in [5.41, 5.74) is 1.39. The van der Waals surface area contributed by atoms with Crippen LogP contribution in [0, 0.1) is 0 Å². The maximum absolute atomic E-state index is 12.1. The summed E-state index contributed by atoms with van der Waals surface area (Å²) in [5, 5.41) is 6.10. The first kappa shape index (κ1) is 14.8. The van der Waals surface area contributed by atoms with E-state index in [0.717, 1.165) is 12.2 Å². The Morgan fingerprint density at radius 2 is 2.32 bits per heavy atom. The zero-order valence-corrected chi connectivity index (χ0v) is 12.2. The number of cyclic esters (lactones) is 1. The van der Waals surface area contributed by atoms with Crippen LogP contribution < -0.4 is 15.5 Å². The third kappa shape index (κ3) is 3.55. The summed E-state index contributed by atoms with van der Waals surface area (Å²) in [4.78, 5) is 25.2. The van der Waals surface area contributed by atoms with E-state index >= 15 is 0 Å². The van der Waals surface area contributed by atoms with E-state index in [4.69, 9.17) is 9.47 Å². The van der Waals surface area contributed by atoms with E-state index < -0.39 is 0 Å². The first-order chi connectivity index (χ1) is 10.7. The molecule has 0 saturated carbocycles. The second-order valence-electron chi connectivity index (χ2n) is 5.29. The average molecular weight is 305 g/mol. The topological polar surface area (TPSA) is 79.9 Å². The van der Waals surface area contributed by atoms with Crippen molar-refractivity contribution >= 4 is 23.4 Å². The number of amides is 2. The highest BCUT2D eigenvalue weighted by Crippen LogP contribution is 2.22. The second kappa shape index (κ2) is 6.76. The average Bonchev–Trinajstić information content (AvgIpc) is 2.94. The summed E-state index contributed by atoms with van der Waals surface area (Å²) in [5.74, 6) is -0.0795. The van der Waals surface area contributed by atoms with Crippen molar-refractivity contribution in [2.75, 3.05) is 43.1 Å². The Hall–Kier alpha value is -2.12. The lowest BCUT2D eigenvalue weighted by Gasteiger charge is -2.23. The molecule has 1 aromatic rings. The number of morpholine rings is 1. The Morgan fingerprint density at radius 1 is 1.41 bits per heavy atom. The fourth-order valence-corrected chi connectivity index (χ4v) is 2.57. The summed E-state index contributed by atoms with van der Waals surface area (Å²) < 4.78 is 10.2. The number of carbonyl (C=O) groups excluding carboxylic acids is 2. The molecule has 1 atom stereocenters. The molecule has 2 saturated heterocycles. The molecular formula is C15H19N3O4. The Balaban J connectivity index is 1.60. The second-order valence-corrected chi connectivity index (χ2v) is 5.29. The lowest BCUT2D eigenvalue weighted by Crippen LogP contribution is -2.43. The lowest BCUT2D eigenvalue weighted by atomic mass is 10.2. The quantitative estimate of drug-likeness (QED) is 0.866. The Kier molecular flexibility index (Phi) is 4.55. The summed E-state index contributed by atoms with van der Waals surface area (Å²) in [6.45, 7) is 2.92. The highest BCUT2D eigenvalue weighted by molar-refractivity contribution is 5.93. The molecule has 2 heterocycles. The molecule has 7 nitrogen and oxygen atoms in total. The zero-order chi connectivity index (χ0) is 15.4. The van der Waals surface area contributed by atoms with Gasteiger partial charge in [0.1, 0.15) is 6.61 Å². The van der Waals surface area contributed by atoms with Crippen molar-refractivity contribution in [2.24, 2.45) is 0 Å². The maximum atomic E-state index is 12.1. The Labute approximate surface area is 128 Å². The van der Waals surface area contributed by atoms with Crippen molar-refractivity contribution in [2.45, 2.75) is 12.5 Å². The molecule has 2 N–H and O–H groups in total. The minimum Gasteiger partial charge on any atom is -0.447 e. The minimum atomic E-state index is -0.355. The molecule has 0 spiro atoms. The van der Waals surface area contributed by atoms with Crippen LogP contribution in [0.4, 0.5) is 16.2 Å². The van der Waals surface area contributed by atoms with Gasteiger partial charge in [-0.05, 0) is 18.2 Å². The number of rotatable bonds is 4. The van der Waals surface area contributed by atoms with Gasteiger partial charge in [0.05, 0.1) is 19.8 Å². The predicted molar refractivity (Wildman–Crippen MR) is 81.0 cm³/mol. The number of benzene rings is 1. The van der Waals surface area contributed by atoms with Crippen molar-refractivity contribution in [3.8, 4) is 0 Å². The van der Waals surface area contributed by atoms with Crippen LogP contribution in [0.15, 0.2) is 24.3 Å². The van der Waals surface area contributed by atoms with Gasteiger partial charge in [-0.25, -0.2) is 4.79 Å². The van der Waals surface area contributed by atoms with Crippen molar-refractivity contribution in [3.05, 3.63) is 24.3 Å². The first-order valence-corrected chi connectivity index (χ1v) is 7.38. The smallest absolute Gasteiger partial charge is 0.414 e. The van der Waals surface area contributed by atoms with Gasteiger partial charge in [-0.15, -0.1) is 0 Å². The number of hydrogen-bond acceptors (Lipinski definition) is 5. The van der Waals surface area contributed by atoms with Gasteiger partial charge < -0.3 is 20.1 Å². The number of ether oxygens (including phenoxy) is 2. The predicted octanol–water partition coefficient (Wildman–Crippen LogP) is 0.960. The van der Waals surface area contributed by atoms with Crippen molar-refractivity contribution in [1.82, 2.24) is 5.32 Å². The molecule has 1 aromatic carbocycles. The minimum absolute atomic E-state index is 0.0468. The van der Waals surface area contributed by atoms with Crippen molar-refractivity contribution in [3.63, 3.8) is 0 Å². The monoisotopic (exact) mass is 305 g/mol. The summed E-state index contributed by atoms with van der Waals surface area (Å²) in [6.07, 6.45) is 0.00253. The third-order valence-corrected chi connectivity index (χ3v) is 3.63. The first-order valence-electron chi connectivity index (χ1n) is 7.38. The number of anilines is 2. The van der Waals surface area contributed by atoms with Crippen LogP contribution in [-0.2, 0) is 14.3 Å². The van der Waals surface area contributed by atoms with E-state index in [1.54, 1.807) is 23.1 Å². The van der Waals surface area contributed by atoms with Crippen LogP contribution in [0.1, 0.15) is 6.42 Å². The lowest BCUT2D eigenvalue weighted by molar-refractivity contribution is -0.117. The number of nitrogens with zero attached hydrogens (tertiary/aromatic N) is 1. The molecule has 2 fully saturated rings. The van der Waals surface area contributed by atoms with E-state index in [-0.39, 0.29) is 18.0 Å². The highest BCUT2D eigenvalue weighted by atomic mass is 16.6. The molecule has 1 unspecified atom stereocenters. The maximum Gasteiger partial charge on any atom is 0.414 e. The number of carbonyl (C=O) groups is 2. The molecule has 0 aliphatic carbocycles. The van der Waals surface area contributed by atoms with Crippen LogP contribution in [-0.4, -0.2) is 51.0 Å². The molecule has 2 aliphatic heterocycles. The van der Waals surface area contributed by atoms with E-state index in [1.807, 2.05) is 6.07 Å². The van der Waals surface area contributed by atoms with E-state index in [1.165, 1.54) is 0 Å². The fraction of sp³-hybridized carbons (Fsp3) is 0.467. The van der Waals surface area contributed by atoms with Crippen LogP contribution in [0.5, 0.6) is 0 Å². The fourth-order valence-electron chi connectivity index (χ4n) is 2.57. The van der Waals surface area contributed by atoms with Crippen LogP contribution in [0.3, 0.4) is 0 Å². The van der Waals surface area contributed by atoms with E-state index in [2.05, 4.69) is 10.6 Å². The standard InChI is InChI=1S/C15H19N3O4/c19-14(9-12-10-21-6-4-16-12)17-11-2-1-3-13(8-11)18-5-7-22-15(18)20/h1-3,8,12,16H,4-7,9-10H2,(H,17,19). The summed E-state index contributed by atoms with van der Waals surface area (Å²) in [7, 11) is 0. The Morgan fingerprint density at radius 3 is 3.05 bits per heavy atom. The molecule has 0 aromatic heterocycles. The van der Waals surface area contributed by atoms with Gasteiger partial charge in [0.15, 0.2) is 0 Å². The van der Waals surface area contributed by atoms with Crippen LogP contribution >= 0.6 is 0 Å². The van der Waals surface area contributed by atoms with Gasteiger partial charge in [-0.2, -0.15) is 0 Å². The molecule has 3 rings (SSSR count). The Bertz CT molecular complexity index is 557. The van der Waals surface area contributed by atoms with Gasteiger partial charge >= 0.3 is 6.09 Å². The molecule has 22 heavy (non-hydrogen) atoms. The van der Waals surface area contributed by atoms with Crippen molar-refractivity contribution < 1.29 is 19.1 Å². The van der Waals surface area contributed by atoms with Gasteiger partial charge in [0.2, 0.25) is 5.91 Å². The van der Waals surface area contributed by atoms with Gasteiger partial charge in [-0.1, -0.05) is 6.07 Å². The summed E-state index contributed by atoms with van der Waals surface area (Å²) in [6, 6.07) is 7.24. The largest absolute Gasteiger partial charge is 0.447 e. The number of nitrogens with one attached hydrogen (secondary N) is 2. The molecule has 118 valence electrons. The molecule has 2 amide bonds. The van der Waals surface area contributed by atoms with Crippen LogP contribution in [0.2, 0.25) is 0 Å². The van der Waals surface area contributed by atoms with Crippen molar-refractivity contribution in [1.29, 1.82) is 0 Å². The zero-order valence-electron chi connectivity index (χ0n) is 12.2. The molecule has 0 radical (unpaired) electrons. The third-order valence-electron chi connectivity index (χ3n) is 3.63. The molecule has 0 bridgehead atoms. The normalized spacial score (nSPS) is 21.5. The highest BCUT2D eigenvalue weighted by Gasteiger charge is 2.24. The van der Waals surface area contributed by atoms with E-state index in [0.29, 0.717) is 38.5 Å². The van der Waals surface area contributed by atoms with Gasteiger partial charge in [-0.3, -0.25) is 9.69 Å². The van der Waals surface area contributed by atoms with Gasteiger partial charge in [0, 0.05) is 30.4 Å². The summed E-state index contributed by atoms with van der Waals surface area (Å²) >= 11 is 0. The number of hydrogen-bond donors (Lipinski definition) is 2. The van der Waals surface area contributed by atoms with Gasteiger partial charge in [0.25, 0.3) is 0 Å². The van der Waals surface area contributed by atoms with Crippen LogP contribution in [0.25, 0.3) is 0 Å².